The van der Waals surface area contributed by atoms with Crippen molar-refractivity contribution in [3.63, 3.8) is 0 Å². The Balaban J connectivity index is 2.34. The summed E-state index contributed by atoms with van der Waals surface area (Å²) in [6, 6.07) is 6.73. The lowest BCUT2D eigenvalue weighted by molar-refractivity contribution is -0.141. The first-order valence-corrected chi connectivity index (χ1v) is 6.11. The highest BCUT2D eigenvalue weighted by Gasteiger charge is 2.25. The Kier molecular flexibility index (Phi) is 4.24. The zero-order chi connectivity index (χ0) is 14.5. The number of benzene rings is 1. The molecule has 0 amide bonds. The molecule has 2 aromatic rings. The summed E-state index contributed by atoms with van der Waals surface area (Å²) in [7, 11) is 4.76. The summed E-state index contributed by atoms with van der Waals surface area (Å²) < 4.78 is 11.9. The second kappa shape index (κ2) is 6.10. The third kappa shape index (κ3) is 2.74. The van der Waals surface area contributed by atoms with Gasteiger partial charge in [0.25, 0.3) is 0 Å². The van der Waals surface area contributed by atoms with Gasteiger partial charge < -0.3 is 19.4 Å². The summed E-state index contributed by atoms with van der Waals surface area (Å²) in [4.78, 5) is 16.0. The first kappa shape index (κ1) is 13.9. The lowest BCUT2D eigenvalue weighted by Gasteiger charge is -2.19. The molecule has 20 heavy (non-hydrogen) atoms. The average molecular weight is 275 g/mol. The average Bonchev–Trinajstić information content (AvgIpc) is 2.90. The Morgan fingerprint density at radius 2 is 2.10 bits per heavy atom. The van der Waals surface area contributed by atoms with Crippen molar-refractivity contribution in [3.05, 3.63) is 42.5 Å². The Labute approximate surface area is 117 Å². The van der Waals surface area contributed by atoms with Crippen LogP contribution in [0.2, 0.25) is 0 Å². The molecule has 0 fully saturated rings. The van der Waals surface area contributed by atoms with Crippen LogP contribution in [-0.4, -0.2) is 29.7 Å². The van der Waals surface area contributed by atoms with E-state index in [0.29, 0.717) is 17.1 Å². The van der Waals surface area contributed by atoms with Gasteiger partial charge in [0.15, 0.2) is 6.04 Å². The molecule has 6 nitrogen and oxygen atoms in total. The number of hydrogen-bond donors (Lipinski definition) is 1. The third-order valence-electron chi connectivity index (χ3n) is 2.99. The number of esters is 1. The minimum absolute atomic E-state index is 0.389. The number of nitrogens with one attached hydrogen (secondary N) is 1. The molecule has 0 aliphatic heterocycles. The van der Waals surface area contributed by atoms with Gasteiger partial charge in [-0.3, -0.25) is 0 Å². The molecule has 0 saturated heterocycles. The number of imidazole rings is 1. The van der Waals surface area contributed by atoms with Crippen LogP contribution >= 0.6 is 0 Å². The van der Waals surface area contributed by atoms with E-state index in [4.69, 9.17) is 9.47 Å². The Morgan fingerprint density at radius 3 is 2.70 bits per heavy atom. The predicted molar refractivity (Wildman–Crippen MR) is 74.6 cm³/mol. The molecule has 1 aromatic carbocycles. The maximum Gasteiger partial charge on any atom is 0.334 e. The van der Waals surface area contributed by atoms with Crippen LogP contribution in [0, 0.1) is 0 Å². The van der Waals surface area contributed by atoms with Crippen LogP contribution in [0.5, 0.6) is 5.75 Å². The van der Waals surface area contributed by atoms with E-state index in [1.807, 2.05) is 31.3 Å². The van der Waals surface area contributed by atoms with Crippen LogP contribution in [0.4, 0.5) is 5.69 Å². The third-order valence-corrected chi connectivity index (χ3v) is 2.99. The number of aromatic nitrogens is 2. The van der Waals surface area contributed by atoms with E-state index in [2.05, 4.69) is 10.3 Å². The summed E-state index contributed by atoms with van der Waals surface area (Å²) in [6.07, 6.45) is 3.26. The highest BCUT2D eigenvalue weighted by atomic mass is 16.5. The standard InChI is InChI=1S/C14H17N3O3/c1-17-9-15-8-11(17)13(14(18)20-3)16-10-6-4-5-7-12(10)19-2/h4-9,13,16H,1-3H3. The molecular weight excluding hydrogens is 258 g/mol. The van der Waals surface area contributed by atoms with Gasteiger partial charge in [-0.15, -0.1) is 0 Å². The zero-order valence-corrected chi connectivity index (χ0v) is 11.7. The Hall–Kier alpha value is -2.50. The van der Waals surface area contributed by atoms with Gasteiger partial charge >= 0.3 is 5.97 Å². The topological polar surface area (TPSA) is 65.4 Å². The van der Waals surface area contributed by atoms with Gasteiger partial charge in [0, 0.05) is 7.05 Å². The van der Waals surface area contributed by atoms with E-state index in [1.165, 1.54) is 7.11 Å². The largest absolute Gasteiger partial charge is 0.495 e. The van der Waals surface area contributed by atoms with Crippen molar-refractivity contribution < 1.29 is 14.3 Å². The van der Waals surface area contributed by atoms with Gasteiger partial charge in [0.05, 0.1) is 38.1 Å². The number of rotatable bonds is 5. The summed E-state index contributed by atoms with van der Waals surface area (Å²) in [5.74, 6) is 0.267. The van der Waals surface area contributed by atoms with Gasteiger partial charge in [-0.2, -0.15) is 0 Å². The maximum absolute atomic E-state index is 12.0. The fourth-order valence-electron chi connectivity index (χ4n) is 1.94. The van der Waals surface area contributed by atoms with E-state index in [0.717, 1.165) is 0 Å². The van der Waals surface area contributed by atoms with Crippen LogP contribution in [0.3, 0.4) is 0 Å². The van der Waals surface area contributed by atoms with Crippen molar-refractivity contribution >= 4 is 11.7 Å². The van der Waals surface area contributed by atoms with Crippen LogP contribution in [0.15, 0.2) is 36.8 Å². The number of ether oxygens (including phenoxy) is 2. The number of aryl methyl sites for hydroxylation is 1. The number of anilines is 1. The minimum Gasteiger partial charge on any atom is -0.495 e. The summed E-state index contributed by atoms with van der Waals surface area (Å²) in [5.41, 5.74) is 1.43. The van der Waals surface area contributed by atoms with Crippen molar-refractivity contribution in [2.45, 2.75) is 6.04 Å². The first-order valence-electron chi connectivity index (χ1n) is 6.11. The van der Waals surface area contributed by atoms with Crippen molar-refractivity contribution in [1.82, 2.24) is 9.55 Å². The van der Waals surface area contributed by atoms with E-state index >= 15 is 0 Å². The van der Waals surface area contributed by atoms with Crippen molar-refractivity contribution in [2.75, 3.05) is 19.5 Å². The molecular formula is C14H17N3O3. The fraction of sp³-hybridized carbons (Fsp3) is 0.286. The number of para-hydroxylation sites is 2. The molecule has 1 atom stereocenters. The van der Waals surface area contributed by atoms with Gasteiger partial charge in [0.2, 0.25) is 0 Å². The summed E-state index contributed by atoms with van der Waals surface area (Å²) in [5, 5.41) is 3.13. The molecule has 1 unspecified atom stereocenters. The highest BCUT2D eigenvalue weighted by molar-refractivity contribution is 5.81. The quantitative estimate of drug-likeness (QED) is 0.842. The smallest absolute Gasteiger partial charge is 0.334 e. The molecule has 2 rings (SSSR count). The number of nitrogens with zero attached hydrogens (tertiary/aromatic N) is 2. The molecule has 0 spiro atoms. The van der Waals surface area contributed by atoms with Crippen LogP contribution < -0.4 is 10.1 Å². The van der Waals surface area contributed by atoms with E-state index in [1.54, 1.807) is 24.2 Å². The highest BCUT2D eigenvalue weighted by Crippen LogP contribution is 2.28. The molecule has 106 valence electrons. The molecule has 6 heteroatoms. The Morgan fingerprint density at radius 1 is 1.35 bits per heavy atom. The molecule has 0 bridgehead atoms. The lowest BCUT2D eigenvalue weighted by Crippen LogP contribution is -2.24. The number of carbonyl (C=O) groups is 1. The van der Waals surface area contributed by atoms with Crippen molar-refractivity contribution in [1.29, 1.82) is 0 Å². The van der Waals surface area contributed by atoms with Gasteiger partial charge in [0.1, 0.15) is 5.75 Å². The number of methoxy groups -OCH3 is 2. The SMILES string of the molecule is COC(=O)C(Nc1ccccc1OC)c1cncn1C. The summed E-state index contributed by atoms with van der Waals surface area (Å²) in [6.45, 7) is 0. The van der Waals surface area contributed by atoms with Gasteiger partial charge in [-0.25, -0.2) is 9.78 Å². The van der Waals surface area contributed by atoms with Crippen LogP contribution in [0.25, 0.3) is 0 Å². The second-order valence-electron chi connectivity index (χ2n) is 4.23. The van der Waals surface area contributed by atoms with E-state index < -0.39 is 6.04 Å². The molecule has 0 aliphatic rings. The number of hydrogen-bond acceptors (Lipinski definition) is 5. The van der Waals surface area contributed by atoms with Gasteiger partial charge in [-0.1, -0.05) is 12.1 Å². The minimum atomic E-state index is -0.649. The molecule has 1 aromatic heterocycles. The zero-order valence-electron chi connectivity index (χ0n) is 11.7. The first-order chi connectivity index (χ1) is 9.67. The molecule has 1 heterocycles. The summed E-state index contributed by atoms with van der Waals surface area (Å²) >= 11 is 0. The normalized spacial score (nSPS) is 11.8. The van der Waals surface area contributed by atoms with Crippen LogP contribution in [-0.2, 0) is 16.6 Å². The molecule has 0 saturated carbocycles. The monoisotopic (exact) mass is 275 g/mol. The molecule has 0 radical (unpaired) electrons. The van der Waals surface area contributed by atoms with Crippen molar-refractivity contribution in [3.8, 4) is 5.75 Å². The van der Waals surface area contributed by atoms with Crippen molar-refractivity contribution in [2.24, 2.45) is 7.05 Å². The fourth-order valence-corrected chi connectivity index (χ4v) is 1.94. The van der Waals surface area contributed by atoms with Crippen LogP contribution in [0.1, 0.15) is 11.7 Å². The number of carbonyl (C=O) groups excluding carboxylic acids is 1. The molecule has 0 aliphatic carbocycles. The maximum atomic E-state index is 12.0. The predicted octanol–water partition coefficient (Wildman–Crippen LogP) is 1.75. The lowest BCUT2D eigenvalue weighted by atomic mass is 10.2. The molecule has 1 N–H and O–H groups in total. The van der Waals surface area contributed by atoms with E-state index in [-0.39, 0.29) is 5.97 Å². The Bertz CT molecular complexity index is 595. The van der Waals surface area contributed by atoms with E-state index in [9.17, 15) is 4.79 Å². The van der Waals surface area contributed by atoms with Gasteiger partial charge in [-0.05, 0) is 12.1 Å². The second-order valence-corrected chi connectivity index (χ2v) is 4.23.